The van der Waals surface area contributed by atoms with Gasteiger partial charge in [0.2, 0.25) is 5.91 Å². The van der Waals surface area contributed by atoms with Gasteiger partial charge in [0, 0.05) is 12.6 Å². The summed E-state index contributed by atoms with van der Waals surface area (Å²) in [7, 11) is 0. The number of aromatic nitrogens is 2. The number of amides is 1. The minimum atomic E-state index is -0.273. The zero-order valence-electron chi connectivity index (χ0n) is 15.5. The Balaban J connectivity index is 1.85. The van der Waals surface area contributed by atoms with Crippen molar-refractivity contribution >= 4 is 28.6 Å². The van der Waals surface area contributed by atoms with Gasteiger partial charge in [-0.25, -0.2) is 4.98 Å². The topological polar surface area (TPSA) is 64.0 Å². The molecule has 1 amide bonds. The van der Waals surface area contributed by atoms with Crippen molar-refractivity contribution in [2.75, 3.05) is 0 Å². The number of nitrogens with one attached hydrogen (secondary N) is 1. The highest BCUT2D eigenvalue weighted by atomic mass is 32.2. The van der Waals surface area contributed by atoms with E-state index in [9.17, 15) is 9.59 Å². The van der Waals surface area contributed by atoms with E-state index < -0.39 is 0 Å². The van der Waals surface area contributed by atoms with Gasteiger partial charge in [0.25, 0.3) is 5.56 Å². The number of carbonyl (C=O) groups is 1. The zero-order chi connectivity index (χ0) is 18.5. The Morgan fingerprint density at radius 1 is 1.31 bits per heavy atom. The molecule has 1 fully saturated rings. The monoisotopic (exact) mass is 373 g/mol. The molecule has 0 radical (unpaired) electrons. The van der Waals surface area contributed by atoms with Crippen LogP contribution in [0.5, 0.6) is 0 Å². The van der Waals surface area contributed by atoms with E-state index in [1.54, 1.807) is 4.57 Å². The van der Waals surface area contributed by atoms with Gasteiger partial charge >= 0.3 is 0 Å². The molecular formula is C20H27N3O2S. The van der Waals surface area contributed by atoms with Gasteiger partial charge in [-0.2, -0.15) is 0 Å². The van der Waals surface area contributed by atoms with Crippen molar-refractivity contribution in [2.45, 2.75) is 75.4 Å². The first-order chi connectivity index (χ1) is 12.6. The van der Waals surface area contributed by atoms with E-state index >= 15 is 0 Å². The van der Waals surface area contributed by atoms with Crippen molar-refractivity contribution in [2.24, 2.45) is 0 Å². The van der Waals surface area contributed by atoms with Crippen LogP contribution < -0.4 is 10.9 Å². The molecule has 3 rings (SSSR count). The molecule has 0 bridgehead atoms. The van der Waals surface area contributed by atoms with Crippen molar-refractivity contribution in [3.63, 3.8) is 0 Å². The summed E-state index contributed by atoms with van der Waals surface area (Å²) in [5, 5.41) is 4.04. The fourth-order valence-electron chi connectivity index (χ4n) is 2.89. The van der Waals surface area contributed by atoms with Gasteiger partial charge in [0.15, 0.2) is 5.16 Å². The number of unbranched alkanes of at least 4 members (excludes halogenated alkanes) is 3. The Bertz CT molecular complexity index is 829. The molecule has 6 heteroatoms. The third-order valence-corrected chi connectivity index (χ3v) is 5.73. The van der Waals surface area contributed by atoms with Gasteiger partial charge in [0.1, 0.15) is 0 Å². The molecule has 0 unspecified atom stereocenters. The lowest BCUT2D eigenvalue weighted by molar-refractivity contribution is -0.120. The number of fused-ring (bicyclic) bond motifs is 1. The minimum absolute atomic E-state index is 0.00982. The Hall–Kier alpha value is -1.82. The maximum Gasteiger partial charge on any atom is 0.262 e. The molecule has 1 N–H and O–H groups in total. The molecular weight excluding hydrogens is 346 g/mol. The van der Waals surface area contributed by atoms with Gasteiger partial charge in [0.05, 0.1) is 16.2 Å². The van der Waals surface area contributed by atoms with Crippen LogP contribution in [-0.4, -0.2) is 26.8 Å². The first-order valence-electron chi connectivity index (χ1n) is 9.56. The lowest BCUT2D eigenvalue weighted by Gasteiger charge is -2.16. The van der Waals surface area contributed by atoms with E-state index in [1.807, 2.05) is 31.2 Å². The second-order valence-electron chi connectivity index (χ2n) is 6.97. The molecule has 1 atom stereocenters. The summed E-state index contributed by atoms with van der Waals surface area (Å²) >= 11 is 1.38. The average Bonchev–Trinajstić information content (AvgIpc) is 3.44. The summed E-state index contributed by atoms with van der Waals surface area (Å²) in [6, 6.07) is 7.78. The predicted molar refractivity (Wildman–Crippen MR) is 107 cm³/mol. The standard InChI is InChI=1S/C20H27N3O2S/c1-3-4-5-8-13-23-19(25)16-9-6-7-10-17(16)22-20(23)26-14(2)18(24)21-15-11-12-15/h6-7,9-10,14-15H,3-5,8,11-13H2,1-2H3,(H,21,24)/t14-/m1/s1. The quantitative estimate of drug-likeness (QED) is 0.413. The summed E-state index contributed by atoms with van der Waals surface area (Å²) in [4.78, 5) is 30.0. The van der Waals surface area contributed by atoms with Crippen LogP contribution in [0, 0.1) is 0 Å². The van der Waals surface area contributed by atoms with Gasteiger partial charge in [-0.1, -0.05) is 50.1 Å². The molecule has 1 aliphatic carbocycles. The molecule has 1 aromatic heterocycles. The second kappa shape index (κ2) is 8.71. The molecule has 1 heterocycles. The number of benzene rings is 1. The van der Waals surface area contributed by atoms with E-state index in [4.69, 9.17) is 4.98 Å². The van der Waals surface area contributed by atoms with E-state index in [0.29, 0.717) is 28.6 Å². The summed E-state index contributed by atoms with van der Waals surface area (Å²) in [5.74, 6) is 0.0254. The van der Waals surface area contributed by atoms with Crippen LogP contribution in [0.4, 0.5) is 0 Å². The molecule has 0 spiro atoms. The normalized spacial score (nSPS) is 15.2. The zero-order valence-corrected chi connectivity index (χ0v) is 16.3. The second-order valence-corrected chi connectivity index (χ2v) is 8.28. The summed E-state index contributed by atoms with van der Waals surface area (Å²) < 4.78 is 1.75. The molecule has 5 nitrogen and oxygen atoms in total. The van der Waals surface area contributed by atoms with Gasteiger partial charge in [-0.05, 0) is 38.3 Å². The van der Waals surface area contributed by atoms with Crippen LogP contribution >= 0.6 is 11.8 Å². The average molecular weight is 374 g/mol. The first-order valence-corrected chi connectivity index (χ1v) is 10.4. The molecule has 0 saturated heterocycles. The summed E-state index contributed by atoms with van der Waals surface area (Å²) in [6.07, 6.45) is 6.50. The largest absolute Gasteiger partial charge is 0.352 e. The van der Waals surface area contributed by atoms with Crippen molar-refractivity contribution in [3.8, 4) is 0 Å². The van der Waals surface area contributed by atoms with E-state index in [2.05, 4.69) is 12.2 Å². The number of hydrogen-bond donors (Lipinski definition) is 1. The number of para-hydroxylation sites is 1. The molecule has 1 saturated carbocycles. The first kappa shape index (κ1) is 19.0. The van der Waals surface area contributed by atoms with Gasteiger partial charge in [-0.3, -0.25) is 14.2 Å². The van der Waals surface area contributed by atoms with Crippen LogP contribution in [0.3, 0.4) is 0 Å². The fraction of sp³-hybridized carbons (Fsp3) is 0.550. The number of hydrogen-bond acceptors (Lipinski definition) is 4. The maximum absolute atomic E-state index is 13.0. The van der Waals surface area contributed by atoms with Crippen molar-refractivity contribution < 1.29 is 4.79 Å². The Kier molecular flexibility index (Phi) is 6.35. The lowest BCUT2D eigenvalue weighted by atomic mass is 10.2. The fourth-order valence-corrected chi connectivity index (χ4v) is 3.83. The van der Waals surface area contributed by atoms with Crippen LogP contribution in [-0.2, 0) is 11.3 Å². The molecule has 140 valence electrons. The molecule has 2 aromatic rings. The summed E-state index contributed by atoms with van der Waals surface area (Å²) in [6.45, 7) is 4.70. The molecule has 1 aromatic carbocycles. The van der Waals surface area contributed by atoms with Crippen molar-refractivity contribution in [1.29, 1.82) is 0 Å². The van der Waals surface area contributed by atoms with Crippen molar-refractivity contribution in [3.05, 3.63) is 34.6 Å². The third-order valence-electron chi connectivity index (χ3n) is 4.64. The highest BCUT2D eigenvalue weighted by Crippen LogP contribution is 2.25. The Morgan fingerprint density at radius 2 is 2.08 bits per heavy atom. The molecule has 0 aliphatic heterocycles. The Morgan fingerprint density at radius 3 is 2.81 bits per heavy atom. The van der Waals surface area contributed by atoms with E-state index in [0.717, 1.165) is 32.1 Å². The summed E-state index contributed by atoms with van der Waals surface area (Å²) in [5.41, 5.74) is 0.684. The molecule has 26 heavy (non-hydrogen) atoms. The minimum Gasteiger partial charge on any atom is -0.352 e. The van der Waals surface area contributed by atoms with E-state index in [1.165, 1.54) is 18.2 Å². The highest BCUT2D eigenvalue weighted by Gasteiger charge is 2.27. The highest BCUT2D eigenvalue weighted by molar-refractivity contribution is 8.00. The van der Waals surface area contributed by atoms with Crippen LogP contribution in [0.1, 0.15) is 52.4 Å². The van der Waals surface area contributed by atoms with E-state index in [-0.39, 0.29) is 16.7 Å². The smallest absolute Gasteiger partial charge is 0.262 e. The van der Waals surface area contributed by atoms with Gasteiger partial charge in [-0.15, -0.1) is 0 Å². The third kappa shape index (κ3) is 4.67. The van der Waals surface area contributed by atoms with Crippen molar-refractivity contribution in [1.82, 2.24) is 14.9 Å². The number of thioether (sulfide) groups is 1. The van der Waals surface area contributed by atoms with Gasteiger partial charge < -0.3 is 5.32 Å². The number of nitrogens with zero attached hydrogens (tertiary/aromatic N) is 2. The number of carbonyl (C=O) groups excluding carboxylic acids is 1. The molecule has 1 aliphatic rings. The van der Waals surface area contributed by atoms with Crippen LogP contribution in [0.25, 0.3) is 10.9 Å². The lowest BCUT2D eigenvalue weighted by Crippen LogP contribution is -2.33. The number of rotatable bonds is 9. The maximum atomic E-state index is 13.0. The van der Waals surface area contributed by atoms with Crippen LogP contribution in [0.15, 0.2) is 34.2 Å². The van der Waals surface area contributed by atoms with Crippen LogP contribution in [0.2, 0.25) is 0 Å². The predicted octanol–water partition coefficient (Wildman–Crippen LogP) is 3.74. The SMILES string of the molecule is CCCCCCn1c(S[C@H](C)C(=O)NC2CC2)nc2ccccc2c1=O. The Labute approximate surface area is 158 Å².